The van der Waals surface area contributed by atoms with Crippen LogP contribution in [-0.4, -0.2) is 29.6 Å². The van der Waals surface area contributed by atoms with Crippen molar-refractivity contribution in [3.8, 4) is 0 Å². The zero-order valence-corrected chi connectivity index (χ0v) is 11.8. The molecule has 0 aliphatic carbocycles. The van der Waals surface area contributed by atoms with E-state index in [4.69, 9.17) is 4.74 Å². The van der Waals surface area contributed by atoms with Crippen molar-refractivity contribution in [1.29, 1.82) is 0 Å². The molecule has 1 aromatic carbocycles. The monoisotopic (exact) mass is 314 g/mol. The van der Waals surface area contributed by atoms with Crippen molar-refractivity contribution in [2.45, 2.75) is 20.0 Å². The number of hydrogen-bond donors (Lipinski definition) is 1. The maximum absolute atomic E-state index is 11.7. The Labute approximate surface area is 114 Å². The molecule has 1 rings (SSSR count). The number of carbonyl (C=O) groups is 2. The lowest BCUT2D eigenvalue weighted by atomic mass is 10.1. The Bertz CT molecular complexity index is 425. The van der Waals surface area contributed by atoms with E-state index in [1.54, 1.807) is 31.2 Å². The lowest BCUT2D eigenvalue weighted by Crippen LogP contribution is -2.26. The van der Waals surface area contributed by atoms with Crippen molar-refractivity contribution in [3.05, 3.63) is 34.3 Å². The summed E-state index contributed by atoms with van der Waals surface area (Å²) in [6.45, 7) is 2.75. The third kappa shape index (κ3) is 4.23. The normalized spacial score (nSPS) is 13.8. The van der Waals surface area contributed by atoms with Crippen LogP contribution >= 0.6 is 15.9 Å². The SMILES string of the molecule is CC(O)C(C)C(=O)OCC(=O)c1ccc(Br)cc1. The van der Waals surface area contributed by atoms with Gasteiger partial charge in [0.1, 0.15) is 0 Å². The summed E-state index contributed by atoms with van der Waals surface area (Å²) in [5, 5.41) is 9.21. The van der Waals surface area contributed by atoms with E-state index in [9.17, 15) is 14.7 Å². The van der Waals surface area contributed by atoms with Gasteiger partial charge in [0.25, 0.3) is 0 Å². The van der Waals surface area contributed by atoms with Gasteiger partial charge in [-0.25, -0.2) is 0 Å². The highest BCUT2D eigenvalue weighted by Gasteiger charge is 2.20. The average molecular weight is 315 g/mol. The van der Waals surface area contributed by atoms with Crippen molar-refractivity contribution < 1.29 is 19.4 Å². The molecule has 0 aliphatic heterocycles. The fraction of sp³-hybridized carbons (Fsp3) is 0.385. The van der Waals surface area contributed by atoms with Crippen LogP contribution in [0.5, 0.6) is 0 Å². The Morgan fingerprint density at radius 2 is 1.83 bits per heavy atom. The summed E-state index contributed by atoms with van der Waals surface area (Å²) in [6.07, 6.45) is -0.791. The lowest BCUT2D eigenvalue weighted by molar-refractivity contribution is -0.150. The molecule has 0 heterocycles. The van der Waals surface area contributed by atoms with Crippen molar-refractivity contribution in [3.63, 3.8) is 0 Å². The predicted octanol–water partition coefficient (Wildman–Crippen LogP) is 2.19. The summed E-state index contributed by atoms with van der Waals surface area (Å²) >= 11 is 3.27. The third-order valence-corrected chi connectivity index (χ3v) is 3.14. The number of carbonyl (C=O) groups excluding carboxylic acids is 2. The van der Waals surface area contributed by atoms with Gasteiger partial charge in [-0.1, -0.05) is 28.1 Å². The zero-order chi connectivity index (χ0) is 13.7. The first-order valence-electron chi connectivity index (χ1n) is 5.55. The number of ether oxygens (including phenoxy) is 1. The average Bonchev–Trinajstić information content (AvgIpc) is 2.35. The molecule has 0 aromatic heterocycles. The van der Waals surface area contributed by atoms with Gasteiger partial charge < -0.3 is 9.84 Å². The first-order chi connectivity index (χ1) is 8.41. The highest BCUT2D eigenvalue weighted by molar-refractivity contribution is 9.10. The van der Waals surface area contributed by atoms with Crippen LogP contribution in [0.3, 0.4) is 0 Å². The second-order valence-electron chi connectivity index (χ2n) is 4.07. The van der Waals surface area contributed by atoms with E-state index in [2.05, 4.69) is 15.9 Å². The van der Waals surface area contributed by atoms with Crippen LogP contribution in [-0.2, 0) is 9.53 Å². The summed E-state index contributed by atoms with van der Waals surface area (Å²) in [4.78, 5) is 23.1. The van der Waals surface area contributed by atoms with E-state index >= 15 is 0 Å². The molecule has 98 valence electrons. The van der Waals surface area contributed by atoms with Gasteiger partial charge in [-0.3, -0.25) is 9.59 Å². The molecule has 0 radical (unpaired) electrons. The molecule has 0 spiro atoms. The minimum Gasteiger partial charge on any atom is -0.457 e. The fourth-order valence-corrected chi connectivity index (χ4v) is 1.45. The molecule has 4 nitrogen and oxygen atoms in total. The van der Waals surface area contributed by atoms with Crippen LogP contribution < -0.4 is 0 Å². The van der Waals surface area contributed by atoms with E-state index in [1.165, 1.54) is 6.92 Å². The van der Waals surface area contributed by atoms with E-state index in [0.717, 1.165) is 4.47 Å². The standard InChI is InChI=1S/C13H15BrO4/c1-8(9(2)15)13(17)18-7-12(16)10-3-5-11(14)6-4-10/h3-6,8-9,15H,7H2,1-2H3. The summed E-state index contributed by atoms with van der Waals surface area (Å²) in [7, 11) is 0. The van der Waals surface area contributed by atoms with Crippen molar-refractivity contribution in [1.82, 2.24) is 0 Å². The highest BCUT2D eigenvalue weighted by Crippen LogP contribution is 2.11. The van der Waals surface area contributed by atoms with E-state index in [-0.39, 0.29) is 12.4 Å². The Morgan fingerprint density at radius 3 is 2.33 bits per heavy atom. The summed E-state index contributed by atoms with van der Waals surface area (Å²) in [5.41, 5.74) is 0.482. The molecule has 0 aliphatic rings. The van der Waals surface area contributed by atoms with E-state index < -0.39 is 18.0 Å². The van der Waals surface area contributed by atoms with E-state index in [0.29, 0.717) is 5.56 Å². The Hall–Kier alpha value is -1.20. The van der Waals surface area contributed by atoms with Crippen molar-refractivity contribution in [2.75, 3.05) is 6.61 Å². The van der Waals surface area contributed by atoms with Crippen LogP contribution in [0.15, 0.2) is 28.7 Å². The van der Waals surface area contributed by atoms with Gasteiger partial charge in [-0.15, -0.1) is 0 Å². The lowest BCUT2D eigenvalue weighted by Gasteiger charge is -2.13. The molecule has 0 fully saturated rings. The molecule has 0 saturated carbocycles. The quantitative estimate of drug-likeness (QED) is 0.668. The third-order valence-electron chi connectivity index (χ3n) is 2.61. The van der Waals surface area contributed by atoms with Gasteiger partial charge in [0, 0.05) is 10.0 Å². The van der Waals surface area contributed by atoms with Gasteiger partial charge in [0.2, 0.25) is 0 Å². The minimum absolute atomic E-state index is 0.270. The number of ketones is 1. The molecular weight excluding hydrogens is 300 g/mol. The highest BCUT2D eigenvalue weighted by atomic mass is 79.9. The first kappa shape index (κ1) is 14.9. The van der Waals surface area contributed by atoms with Crippen molar-refractivity contribution in [2.24, 2.45) is 5.92 Å². The fourth-order valence-electron chi connectivity index (χ4n) is 1.18. The Morgan fingerprint density at radius 1 is 1.28 bits per heavy atom. The first-order valence-corrected chi connectivity index (χ1v) is 6.34. The number of halogens is 1. The topological polar surface area (TPSA) is 63.6 Å². The predicted molar refractivity (Wildman–Crippen MR) is 70.3 cm³/mol. The van der Waals surface area contributed by atoms with Gasteiger partial charge in [0.15, 0.2) is 12.4 Å². The maximum Gasteiger partial charge on any atom is 0.311 e. The van der Waals surface area contributed by atoms with Crippen LogP contribution in [0.25, 0.3) is 0 Å². The van der Waals surface area contributed by atoms with Gasteiger partial charge in [0.05, 0.1) is 12.0 Å². The molecular formula is C13H15BrO4. The number of aliphatic hydroxyl groups excluding tert-OH is 1. The van der Waals surface area contributed by atoms with Gasteiger partial charge >= 0.3 is 5.97 Å². The smallest absolute Gasteiger partial charge is 0.311 e. The Kier molecular flexibility index (Phi) is 5.50. The maximum atomic E-state index is 11.7. The van der Waals surface area contributed by atoms with Gasteiger partial charge in [-0.05, 0) is 26.0 Å². The number of Topliss-reactive ketones (excluding diaryl/α,β-unsaturated/α-hetero) is 1. The summed E-state index contributed by atoms with van der Waals surface area (Å²) < 4.78 is 5.73. The number of esters is 1. The molecule has 2 atom stereocenters. The molecule has 1 N–H and O–H groups in total. The molecule has 2 unspecified atom stereocenters. The molecule has 18 heavy (non-hydrogen) atoms. The molecule has 0 bridgehead atoms. The molecule has 0 saturated heterocycles. The van der Waals surface area contributed by atoms with Crippen LogP contribution in [0.2, 0.25) is 0 Å². The zero-order valence-electron chi connectivity index (χ0n) is 10.2. The molecule has 5 heteroatoms. The number of hydrogen-bond acceptors (Lipinski definition) is 4. The van der Waals surface area contributed by atoms with E-state index in [1.807, 2.05) is 0 Å². The summed E-state index contributed by atoms with van der Waals surface area (Å²) in [6, 6.07) is 6.79. The van der Waals surface area contributed by atoms with Gasteiger partial charge in [-0.2, -0.15) is 0 Å². The number of rotatable bonds is 5. The molecule has 0 amide bonds. The largest absolute Gasteiger partial charge is 0.457 e. The van der Waals surface area contributed by atoms with Crippen LogP contribution in [0.4, 0.5) is 0 Å². The van der Waals surface area contributed by atoms with Crippen LogP contribution in [0.1, 0.15) is 24.2 Å². The minimum atomic E-state index is -0.791. The van der Waals surface area contributed by atoms with Crippen molar-refractivity contribution >= 4 is 27.7 Å². The molecule has 1 aromatic rings. The summed E-state index contributed by atoms with van der Waals surface area (Å²) in [5.74, 6) is -1.48. The second-order valence-corrected chi connectivity index (χ2v) is 4.98. The second kappa shape index (κ2) is 6.66. The number of benzene rings is 1. The number of aliphatic hydroxyl groups is 1. The Balaban J connectivity index is 2.51. The van der Waals surface area contributed by atoms with Crippen LogP contribution in [0, 0.1) is 5.92 Å².